The van der Waals surface area contributed by atoms with Gasteiger partial charge in [0, 0.05) is 12.6 Å². The standard InChI is InChI=1S/C7H14N2O2/c10-7(11)5-8-4-6-2-1-3-9-6/h6,8-9H,1-5H2,(H,10,11). The zero-order valence-electron chi connectivity index (χ0n) is 6.47. The molecule has 3 N–H and O–H groups in total. The number of carboxylic acids is 1. The first-order valence-corrected chi connectivity index (χ1v) is 3.95. The maximum atomic E-state index is 10.1. The molecule has 0 aromatic heterocycles. The molecule has 0 aromatic carbocycles. The van der Waals surface area contributed by atoms with Gasteiger partial charge in [0.1, 0.15) is 0 Å². The molecule has 1 fully saturated rings. The van der Waals surface area contributed by atoms with Crippen LogP contribution in [-0.2, 0) is 4.79 Å². The van der Waals surface area contributed by atoms with Crippen molar-refractivity contribution in [3.63, 3.8) is 0 Å². The molecule has 64 valence electrons. The van der Waals surface area contributed by atoms with Gasteiger partial charge in [-0.25, -0.2) is 0 Å². The molecule has 0 amide bonds. The normalized spacial score (nSPS) is 23.8. The van der Waals surface area contributed by atoms with Crippen LogP contribution in [0.2, 0.25) is 0 Å². The minimum absolute atomic E-state index is 0.0676. The summed E-state index contributed by atoms with van der Waals surface area (Å²) in [6.45, 7) is 1.91. The molecule has 1 aliphatic rings. The Balaban J connectivity index is 1.98. The lowest BCUT2D eigenvalue weighted by Crippen LogP contribution is -2.36. The van der Waals surface area contributed by atoms with Crippen LogP contribution in [0.15, 0.2) is 0 Å². The number of hydrogen-bond acceptors (Lipinski definition) is 3. The summed E-state index contributed by atoms with van der Waals surface area (Å²) in [4.78, 5) is 10.1. The van der Waals surface area contributed by atoms with Crippen molar-refractivity contribution in [2.24, 2.45) is 0 Å². The minimum atomic E-state index is -0.789. The first kappa shape index (κ1) is 8.49. The van der Waals surface area contributed by atoms with Crippen LogP contribution in [0.3, 0.4) is 0 Å². The third kappa shape index (κ3) is 3.34. The molecule has 0 aliphatic carbocycles. The van der Waals surface area contributed by atoms with Crippen molar-refractivity contribution in [2.45, 2.75) is 18.9 Å². The first-order valence-electron chi connectivity index (χ1n) is 3.95. The van der Waals surface area contributed by atoms with Crippen LogP contribution < -0.4 is 10.6 Å². The Morgan fingerprint density at radius 2 is 2.55 bits per heavy atom. The molecule has 0 bridgehead atoms. The van der Waals surface area contributed by atoms with Crippen LogP contribution in [0, 0.1) is 0 Å². The largest absolute Gasteiger partial charge is 0.480 e. The molecule has 0 spiro atoms. The summed E-state index contributed by atoms with van der Waals surface area (Å²) in [5.41, 5.74) is 0. The summed E-state index contributed by atoms with van der Waals surface area (Å²) in [5.74, 6) is -0.789. The van der Waals surface area contributed by atoms with Crippen molar-refractivity contribution in [1.29, 1.82) is 0 Å². The molecular formula is C7H14N2O2. The Labute approximate surface area is 66.0 Å². The number of aliphatic carboxylic acids is 1. The van der Waals surface area contributed by atoms with Crippen molar-refractivity contribution in [2.75, 3.05) is 19.6 Å². The van der Waals surface area contributed by atoms with E-state index in [-0.39, 0.29) is 6.54 Å². The van der Waals surface area contributed by atoms with E-state index in [0.717, 1.165) is 19.5 Å². The van der Waals surface area contributed by atoms with Crippen molar-refractivity contribution in [3.05, 3.63) is 0 Å². The van der Waals surface area contributed by atoms with Crippen molar-refractivity contribution >= 4 is 5.97 Å². The van der Waals surface area contributed by atoms with Crippen LogP contribution in [0.25, 0.3) is 0 Å². The fourth-order valence-electron chi connectivity index (χ4n) is 1.28. The van der Waals surface area contributed by atoms with Gasteiger partial charge in [0.05, 0.1) is 6.54 Å². The highest BCUT2D eigenvalue weighted by atomic mass is 16.4. The Hall–Kier alpha value is -0.610. The van der Waals surface area contributed by atoms with E-state index in [1.165, 1.54) is 6.42 Å². The molecule has 0 aromatic rings. The van der Waals surface area contributed by atoms with Crippen LogP contribution in [0.4, 0.5) is 0 Å². The Bertz CT molecular complexity index is 132. The van der Waals surface area contributed by atoms with Crippen LogP contribution in [0.1, 0.15) is 12.8 Å². The highest BCUT2D eigenvalue weighted by Crippen LogP contribution is 2.02. The number of rotatable bonds is 4. The van der Waals surface area contributed by atoms with Gasteiger partial charge in [-0.05, 0) is 19.4 Å². The van der Waals surface area contributed by atoms with E-state index in [1.807, 2.05) is 0 Å². The van der Waals surface area contributed by atoms with Gasteiger partial charge in [0.25, 0.3) is 0 Å². The maximum Gasteiger partial charge on any atom is 0.317 e. The molecular weight excluding hydrogens is 144 g/mol. The van der Waals surface area contributed by atoms with Crippen LogP contribution in [-0.4, -0.2) is 36.8 Å². The van der Waals surface area contributed by atoms with Gasteiger partial charge in [-0.3, -0.25) is 4.79 Å². The average molecular weight is 158 g/mol. The van der Waals surface area contributed by atoms with Crippen LogP contribution in [0.5, 0.6) is 0 Å². The minimum Gasteiger partial charge on any atom is -0.480 e. The number of nitrogens with one attached hydrogen (secondary N) is 2. The third-order valence-corrected chi connectivity index (χ3v) is 1.83. The molecule has 0 saturated carbocycles. The summed E-state index contributed by atoms with van der Waals surface area (Å²) < 4.78 is 0. The van der Waals surface area contributed by atoms with Crippen molar-refractivity contribution < 1.29 is 9.90 Å². The maximum absolute atomic E-state index is 10.1. The highest BCUT2D eigenvalue weighted by Gasteiger charge is 2.12. The van der Waals surface area contributed by atoms with E-state index in [2.05, 4.69) is 10.6 Å². The van der Waals surface area contributed by atoms with E-state index < -0.39 is 5.97 Å². The molecule has 11 heavy (non-hydrogen) atoms. The summed E-state index contributed by atoms with van der Waals surface area (Å²) in [7, 11) is 0. The topological polar surface area (TPSA) is 61.4 Å². The van der Waals surface area contributed by atoms with E-state index in [9.17, 15) is 4.79 Å². The fourth-order valence-corrected chi connectivity index (χ4v) is 1.28. The van der Waals surface area contributed by atoms with Gasteiger partial charge in [-0.1, -0.05) is 0 Å². The van der Waals surface area contributed by atoms with Gasteiger partial charge in [0.15, 0.2) is 0 Å². The van der Waals surface area contributed by atoms with Crippen molar-refractivity contribution in [1.82, 2.24) is 10.6 Å². The number of carbonyl (C=O) groups is 1. The summed E-state index contributed by atoms with van der Waals surface area (Å²) in [6.07, 6.45) is 2.37. The SMILES string of the molecule is O=C(O)CNCC1CCCN1. The summed E-state index contributed by atoms with van der Waals surface area (Å²) in [5, 5.41) is 14.4. The average Bonchev–Trinajstić information content (AvgIpc) is 2.39. The van der Waals surface area contributed by atoms with Gasteiger partial charge in [-0.2, -0.15) is 0 Å². The molecule has 1 heterocycles. The van der Waals surface area contributed by atoms with Gasteiger partial charge in [-0.15, -0.1) is 0 Å². The smallest absolute Gasteiger partial charge is 0.317 e. The Kier molecular flexibility index (Phi) is 3.32. The molecule has 0 radical (unpaired) electrons. The van der Waals surface area contributed by atoms with E-state index in [4.69, 9.17) is 5.11 Å². The lowest BCUT2D eigenvalue weighted by molar-refractivity contribution is -0.135. The quantitative estimate of drug-likeness (QED) is 0.512. The second-order valence-electron chi connectivity index (χ2n) is 2.82. The number of hydrogen-bond donors (Lipinski definition) is 3. The molecule has 1 unspecified atom stereocenters. The van der Waals surface area contributed by atoms with Crippen LogP contribution >= 0.6 is 0 Å². The first-order chi connectivity index (χ1) is 5.29. The van der Waals surface area contributed by atoms with E-state index in [0.29, 0.717) is 6.04 Å². The predicted octanol–water partition coefficient (Wildman–Crippen LogP) is -0.587. The van der Waals surface area contributed by atoms with Gasteiger partial charge < -0.3 is 15.7 Å². The molecule has 1 saturated heterocycles. The second-order valence-corrected chi connectivity index (χ2v) is 2.82. The predicted molar refractivity (Wildman–Crippen MR) is 41.5 cm³/mol. The second kappa shape index (κ2) is 4.31. The van der Waals surface area contributed by atoms with Crippen molar-refractivity contribution in [3.8, 4) is 0 Å². The zero-order valence-corrected chi connectivity index (χ0v) is 6.47. The van der Waals surface area contributed by atoms with Gasteiger partial charge >= 0.3 is 5.97 Å². The van der Waals surface area contributed by atoms with Gasteiger partial charge in [0.2, 0.25) is 0 Å². The molecule has 1 atom stereocenters. The lowest BCUT2D eigenvalue weighted by Gasteiger charge is -2.09. The highest BCUT2D eigenvalue weighted by molar-refractivity contribution is 5.68. The summed E-state index contributed by atoms with van der Waals surface area (Å²) in [6, 6.07) is 0.481. The third-order valence-electron chi connectivity index (χ3n) is 1.83. The zero-order chi connectivity index (χ0) is 8.10. The molecule has 1 rings (SSSR count). The number of carboxylic acid groups (broad SMARTS) is 1. The van der Waals surface area contributed by atoms with E-state index >= 15 is 0 Å². The molecule has 1 aliphatic heterocycles. The molecule has 4 heteroatoms. The molecule has 4 nitrogen and oxygen atoms in total. The Morgan fingerprint density at radius 1 is 1.73 bits per heavy atom. The van der Waals surface area contributed by atoms with E-state index in [1.54, 1.807) is 0 Å². The lowest BCUT2D eigenvalue weighted by atomic mass is 10.2. The monoisotopic (exact) mass is 158 g/mol. The summed E-state index contributed by atoms with van der Waals surface area (Å²) >= 11 is 0. The Morgan fingerprint density at radius 3 is 3.09 bits per heavy atom. The fraction of sp³-hybridized carbons (Fsp3) is 0.857.